The molecular formula is C18H22N4O3. The van der Waals surface area contributed by atoms with Gasteiger partial charge in [0.05, 0.1) is 5.56 Å². The van der Waals surface area contributed by atoms with Crippen molar-refractivity contribution in [1.82, 2.24) is 20.8 Å². The summed E-state index contributed by atoms with van der Waals surface area (Å²) in [5.41, 5.74) is 2.58. The molecule has 132 valence electrons. The molecule has 2 heterocycles. The van der Waals surface area contributed by atoms with Crippen LogP contribution >= 0.6 is 0 Å². The lowest BCUT2D eigenvalue weighted by Crippen LogP contribution is -2.39. The Labute approximate surface area is 146 Å². The molecule has 2 amide bonds. The smallest absolute Gasteiger partial charge is 0.273 e. The van der Waals surface area contributed by atoms with Crippen LogP contribution in [0.2, 0.25) is 0 Å². The van der Waals surface area contributed by atoms with Crippen LogP contribution in [-0.4, -0.2) is 34.0 Å². The van der Waals surface area contributed by atoms with Gasteiger partial charge in [-0.2, -0.15) is 0 Å². The number of amides is 2. The van der Waals surface area contributed by atoms with E-state index in [0.717, 1.165) is 23.3 Å². The van der Waals surface area contributed by atoms with Gasteiger partial charge in [0.15, 0.2) is 5.69 Å². The van der Waals surface area contributed by atoms with E-state index in [4.69, 9.17) is 4.52 Å². The fourth-order valence-electron chi connectivity index (χ4n) is 2.98. The second kappa shape index (κ2) is 7.04. The molecule has 0 fully saturated rings. The molecule has 0 bridgehead atoms. The number of aryl methyl sites for hydroxylation is 2. The maximum Gasteiger partial charge on any atom is 0.273 e. The van der Waals surface area contributed by atoms with Crippen molar-refractivity contribution in [2.45, 2.75) is 52.1 Å². The molecule has 0 aromatic carbocycles. The Balaban J connectivity index is 1.71. The monoisotopic (exact) mass is 342 g/mol. The Morgan fingerprint density at radius 3 is 2.80 bits per heavy atom. The average molecular weight is 342 g/mol. The number of aromatic nitrogens is 2. The summed E-state index contributed by atoms with van der Waals surface area (Å²) in [5, 5.41) is 9.77. The van der Waals surface area contributed by atoms with Crippen molar-refractivity contribution < 1.29 is 14.1 Å². The summed E-state index contributed by atoms with van der Waals surface area (Å²) in [4.78, 5) is 28.7. The SMILES string of the molecule is Cc1cncc(C(=O)NC2CCc3onc(C(=O)NC(C)C)c3C2)c1. The van der Waals surface area contributed by atoms with Crippen LogP contribution in [0.5, 0.6) is 0 Å². The third-order valence-corrected chi connectivity index (χ3v) is 4.15. The normalized spacial score (nSPS) is 16.4. The highest BCUT2D eigenvalue weighted by Crippen LogP contribution is 2.25. The molecule has 7 nitrogen and oxygen atoms in total. The molecular weight excluding hydrogens is 320 g/mol. The van der Waals surface area contributed by atoms with Crippen LogP contribution in [0.3, 0.4) is 0 Å². The van der Waals surface area contributed by atoms with Crippen molar-refractivity contribution in [1.29, 1.82) is 0 Å². The molecule has 0 aliphatic heterocycles. The molecule has 2 aromatic heterocycles. The van der Waals surface area contributed by atoms with Gasteiger partial charge in [0, 0.05) is 36.5 Å². The minimum atomic E-state index is -0.241. The van der Waals surface area contributed by atoms with Crippen LogP contribution in [0.25, 0.3) is 0 Å². The zero-order valence-electron chi connectivity index (χ0n) is 14.6. The van der Waals surface area contributed by atoms with Crippen LogP contribution in [0.1, 0.15) is 58.0 Å². The average Bonchev–Trinajstić information content (AvgIpc) is 2.97. The minimum Gasteiger partial charge on any atom is -0.360 e. The van der Waals surface area contributed by atoms with Crippen LogP contribution in [0.4, 0.5) is 0 Å². The number of rotatable bonds is 4. The maximum atomic E-state index is 12.4. The third-order valence-electron chi connectivity index (χ3n) is 4.15. The predicted octanol–water partition coefficient (Wildman–Crippen LogP) is 1.80. The van der Waals surface area contributed by atoms with E-state index in [9.17, 15) is 9.59 Å². The summed E-state index contributed by atoms with van der Waals surface area (Å²) in [6.45, 7) is 5.68. The highest BCUT2D eigenvalue weighted by Gasteiger charge is 2.29. The molecule has 3 rings (SSSR count). The molecule has 2 N–H and O–H groups in total. The van der Waals surface area contributed by atoms with Crippen molar-refractivity contribution >= 4 is 11.8 Å². The summed E-state index contributed by atoms with van der Waals surface area (Å²) >= 11 is 0. The lowest BCUT2D eigenvalue weighted by atomic mass is 9.91. The molecule has 1 aliphatic rings. The molecule has 0 saturated heterocycles. The van der Waals surface area contributed by atoms with Crippen molar-refractivity contribution in [3.8, 4) is 0 Å². The second-order valence-corrected chi connectivity index (χ2v) is 6.73. The largest absolute Gasteiger partial charge is 0.360 e. The van der Waals surface area contributed by atoms with Gasteiger partial charge in [0.1, 0.15) is 5.76 Å². The second-order valence-electron chi connectivity index (χ2n) is 6.73. The van der Waals surface area contributed by atoms with E-state index in [1.807, 2.05) is 20.8 Å². The van der Waals surface area contributed by atoms with Gasteiger partial charge in [0.2, 0.25) is 0 Å². The van der Waals surface area contributed by atoms with E-state index in [1.54, 1.807) is 18.5 Å². The van der Waals surface area contributed by atoms with Gasteiger partial charge < -0.3 is 15.2 Å². The van der Waals surface area contributed by atoms with E-state index < -0.39 is 0 Å². The molecule has 0 spiro atoms. The van der Waals surface area contributed by atoms with Gasteiger partial charge >= 0.3 is 0 Å². The number of carbonyl (C=O) groups excluding carboxylic acids is 2. The van der Waals surface area contributed by atoms with Gasteiger partial charge in [-0.1, -0.05) is 5.16 Å². The lowest BCUT2D eigenvalue weighted by molar-refractivity contribution is 0.0928. The molecule has 1 unspecified atom stereocenters. The van der Waals surface area contributed by atoms with Gasteiger partial charge in [-0.05, 0) is 45.2 Å². The first-order chi connectivity index (χ1) is 11.9. The highest BCUT2D eigenvalue weighted by molar-refractivity contribution is 5.95. The number of nitrogens with zero attached hydrogens (tertiary/aromatic N) is 2. The Morgan fingerprint density at radius 2 is 2.08 bits per heavy atom. The van der Waals surface area contributed by atoms with Gasteiger partial charge in [-0.25, -0.2) is 0 Å². The van der Waals surface area contributed by atoms with Crippen molar-refractivity contribution in [2.75, 3.05) is 0 Å². The fraction of sp³-hybridized carbons (Fsp3) is 0.444. The molecule has 1 aliphatic carbocycles. The number of fused-ring (bicyclic) bond motifs is 1. The van der Waals surface area contributed by atoms with Gasteiger partial charge in [-0.3, -0.25) is 14.6 Å². The predicted molar refractivity (Wildman–Crippen MR) is 91.4 cm³/mol. The van der Waals surface area contributed by atoms with E-state index in [0.29, 0.717) is 24.1 Å². The van der Waals surface area contributed by atoms with Crippen molar-refractivity contribution in [3.63, 3.8) is 0 Å². The summed E-state index contributed by atoms with van der Waals surface area (Å²) < 4.78 is 5.31. The Morgan fingerprint density at radius 1 is 1.28 bits per heavy atom. The Bertz CT molecular complexity index is 797. The minimum absolute atomic E-state index is 0.0211. The third kappa shape index (κ3) is 3.87. The Hall–Kier alpha value is -2.70. The van der Waals surface area contributed by atoms with Gasteiger partial charge in [0.25, 0.3) is 11.8 Å². The van der Waals surface area contributed by atoms with E-state index in [2.05, 4.69) is 20.8 Å². The molecule has 25 heavy (non-hydrogen) atoms. The molecule has 2 aromatic rings. The van der Waals surface area contributed by atoms with Crippen LogP contribution < -0.4 is 10.6 Å². The molecule has 1 atom stereocenters. The van der Waals surface area contributed by atoms with Crippen molar-refractivity contribution in [2.24, 2.45) is 0 Å². The first kappa shape index (κ1) is 17.1. The summed E-state index contributed by atoms with van der Waals surface area (Å²) in [6.07, 6.45) is 5.19. The van der Waals surface area contributed by atoms with Crippen LogP contribution in [-0.2, 0) is 12.8 Å². The quantitative estimate of drug-likeness (QED) is 0.883. The van der Waals surface area contributed by atoms with Crippen molar-refractivity contribution in [3.05, 3.63) is 46.6 Å². The standard InChI is InChI=1S/C18H22N4O3/c1-10(2)20-18(24)16-14-7-13(4-5-15(14)25-22-16)21-17(23)12-6-11(3)8-19-9-12/h6,8-10,13H,4-5,7H2,1-3H3,(H,20,24)(H,21,23). The number of hydrogen-bond donors (Lipinski definition) is 2. The summed E-state index contributed by atoms with van der Waals surface area (Å²) in [5.74, 6) is 0.334. The van der Waals surface area contributed by atoms with E-state index in [1.165, 1.54) is 0 Å². The van der Waals surface area contributed by atoms with E-state index in [-0.39, 0.29) is 23.9 Å². The number of carbonyl (C=O) groups is 2. The van der Waals surface area contributed by atoms with Crippen LogP contribution in [0.15, 0.2) is 23.0 Å². The van der Waals surface area contributed by atoms with E-state index >= 15 is 0 Å². The molecule has 0 saturated carbocycles. The first-order valence-electron chi connectivity index (χ1n) is 8.45. The van der Waals surface area contributed by atoms with Crippen LogP contribution in [0, 0.1) is 6.92 Å². The number of hydrogen-bond acceptors (Lipinski definition) is 5. The number of pyridine rings is 1. The first-order valence-corrected chi connectivity index (χ1v) is 8.45. The Kier molecular flexibility index (Phi) is 4.83. The lowest BCUT2D eigenvalue weighted by Gasteiger charge is -2.22. The topological polar surface area (TPSA) is 97.1 Å². The summed E-state index contributed by atoms with van der Waals surface area (Å²) in [6, 6.07) is 1.76. The zero-order valence-corrected chi connectivity index (χ0v) is 14.6. The maximum absolute atomic E-state index is 12.4. The molecule has 0 radical (unpaired) electrons. The summed E-state index contributed by atoms with van der Waals surface area (Å²) in [7, 11) is 0. The molecule has 7 heteroatoms. The zero-order chi connectivity index (χ0) is 18.0. The number of nitrogens with one attached hydrogen (secondary N) is 2. The van der Waals surface area contributed by atoms with Gasteiger partial charge in [-0.15, -0.1) is 0 Å². The fourth-order valence-corrected chi connectivity index (χ4v) is 2.98. The highest BCUT2D eigenvalue weighted by atomic mass is 16.5.